The second-order valence-electron chi connectivity index (χ2n) is 8.07. The number of benzene rings is 3. The summed E-state index contributed by atoms with van der Waals surface area (Å²) >= 11 is 5.46. The number of carbonyl (C=O) groups excluding carboxylic acids is 2. The average Bonchev–Trinajstić information content (AvgIpc) is 2.88. The zero-order valence-corrected chi connectivity index (χ0v) is 25.3. The standard InChI is InChI=1S/C26H26BrIN4O6S/c1-2-37-23-14-18(12-21(27)25(23)38-16-24(29)33)15-30-31-26(34)22(13-17-6-4-3-5-7-17)32-39(35,36)20-10-8-19(28)9-11-20/h3-12,14-15,22,32H,2,13,16H2,1H3,(H2,29,33)(H,31,34)/b30-15-/t22-/m0/s1. The third-order valence-corrected chi connectivity index (χ3v) is 7.90. The number of sulfonamides is 1. The first-order chi connectivity index (χ1) is 18.6. The van der Waals surface area contributed by atoms with Gasteiger partial charge < -0.3 is 15.2 Å². The van der Waals surface area contributed by atoms with Crippen LogP contribution in [0.15, 0.2) is 81.2 Å². The summed E-state index contributed by atoms with van der Waals surface area (Å²) in [5.74, 6) is -0.645. The Balaban J connectivity index is 1.80. The van der Waals surface area contributed by atoms with Gasteiger partial charge >= 0.3 is 0 Å². The molecule has 13 heteroatoms. The zero-order chi connectivity index (χ0) is 28.4. The lowest BCUT2D eigenvalue weighted by Crippen LogP contribution is -2.46. The summed E-state index contributed by atoms with van der Waals surface area (Å²) in [6.07, 6.45) is 1.48. The largest absolute Gasteiger partial charge is 0.490 e. The molecule has 0 saturated heterocycles. The van der Waals surface area contributed by atoms with Crippen molar-refractivity contribution in [2.45, 2.75) is 24.3 Å². The van der Waals surface area contributed by atoms with Gasteiger partial charge in [0.2, 0.25) is 10.0 Å². The lowest BCUT2D eigenvalue weighted by Gasteiger charge is -2.17. The van der Waals surface area contributed by atoms with Crippen LogP contribution in [0.3, 0.4) is 0 Å². The molecule has 0 spiro atoms. The van der Waals surface area contributed by atoms with Crippen molar-refractivity contribution in [3.63, 3.8) is 0 Å². The van der Waals surface area contributed by atoms with E-state index in [1.807, 2.05) is 6.07 Å². The van der Waals surface area contributed by atoms with Gasteiger partial charge in [-0.3, -0.25) is 9.59 Å². The van der Waals surface area contributed by atoms with E-state index in [1.165, 1.54) is 18.3 Å². The van der Waals surface area contributed by atoms with E-state index in [9.17, 15) is 18.0 Å². The number of nitrogens with zero attached hydrogens (tertiary/aromatic N) is 1. The molecule has 0 radical (unpaired) electrons. The van der Waals surface area contributed by atoms with Crippen molar-refractivity contribution < 1.29 is 27.5 Å². The second-order valence-corrected chi connectivity index (χ2v) is 11.9. The number of ether oxygens (including phenoxy) is 2. The molecule has 2 amide bonds. The molecule has 10 nitrogen and oxygen atoms in total. The third-order valence-electron chi connectivity index (χ3n) is 5.10. The fourth-order valence-electron chi connectivity index (χ4n) is 3.36. The van der Waals surface area contributed by atoms with Crippen molar-refractivity contribution in [3.05, 3.63) is 85.9 Å². The van der Waals surface area contributed by atoms with Gasteiger partial charge in [-0.15, -0.1) is 0 Å². The zero-order valence-electron chi connectivity index (χ0n) is 20.8. The van der Waals surface area contributed by atoms with Gasteiger partial charge in [0.15, 0.2) is 18.1 Å². The average molecular weight is 729 g/mol. The van der Waals surface area contributed by atoms with Crippen molar-refractivity contribution in [2.24, 2.45) is 10.8 Å². The number of nitrogens with two attached hydrogens (primary N) is 1. The quantitative estimate of drug-likeness (QED) is 0.140. The van der Waals surface area contributed by atoms with Gasteiger partial charge in [0, 0.05) is 3.57 Å². The van der Waals surface area contributed by atoms with Crippen LogP contribution in [-0.2, 0) is 26.0 Å². The molecular weight excluding hydrogens is 703 g/mol. The number of rotatable bonds is 13. The van der Waals surface area contributed by atoms with E-state index in [1.54, 1.807) is 55.5 Å². The number of hydrogen-bond acceptors (Lipinski definition) is 7. The highest BCUT2D eigenvalue weighted by atomic mass is 127. The lowest BCUT2D eigenvalue weighted by atomic mass is 10.1. The molecule has 1 atom stereocenters. The highest BCUT2D eigenvalue weighted by Crippen LogP contribution is 2.36. The van der Waals surface area contributed by atoms with Gasteiger partial charge in [-0.25, -0.2) is 13.8 Å². The Bertz CT molecular complexity index is 1440. The number of hydrogen-bond donors (Lipinski definition) is 3. The Labute approximate surface area is 248 Å². The van der Waals surface area contributed by atoms with Crippen LogP contribution >= 0.6 is 38.5 Å². The van der Waals surface area contributed by atoms with Crippen LogP contribution in [0.1, 0.15) is 18.1 Å². The molecular formula is C26H26BrIN4O6S. The lowest BCUT2D eigenvalue weighted by molar-refractivity contribution is -0.122. The minimum atomic E-state index is -3.99. The fraction of sp³-hybridized carbons (Fsp3) is 0.192. The topological polar surface area (TPSA) is 149 Å². The first-order valence-corrected chi connectivity index (χ1v) is 15.0. The summed E-state index contributed by atoms with van der Waals surface area (Å²) in [7, 11) is -3.99. The van der Waals surface area contributed by atoms with Gasteiger partial charge in [-0.2, -0.15) is 9.82 Å². The first kappa shape index (κ1) is 30.5. The van der Waals surface area contributed by atoms with Crippen molar-refractivity contribution in [3.8, 4) is 11.5 Å². The molecule has 3 aromatic carbocycles. The molecule has 39 heavy (non-hydrogen) atoms. The van der Waals surface area contributed by atoms with E-state index in [4.69, 9.17) is 15.2 Å². The summed E-state index contributed by atoms with van der Waals surface area (Å²) in [4.78, 5) is 24.2. The summed E-state index contributed by atoms with van der Waals surface area (Å²) in [5.41, 5.74) is 8.88. The van der Waals surface area contributed by atoms with Crippen LogP contribution in [0.4, 0.5) is 0 Å². The monoisotopic (exact) mass is 728 g/mol. The number of primary amides is 1. The van der Waals surface area contributed by atoms with Crippen LogP contribution in [0, 0.1) is 3.57 Å². The Kier molecular flexibility index (Phi) is 11.3. The fourth-order valence-corrected chi connectivity index (χ4v) is 5.49. The number of amides is 2. The number of hydrazone groups is 1. The van der Waals surface area contributed by atoms with Gasteiger partial charge in [0.05, 0.1) is 22.2 Å². The van der Waals surface area contributed by atoms with E-state index in [0.717, 1.165) is 9.13 Å². The summed E-state index contributed by atoms with van der Waals surface area (Å²) in [6.45, 7) is 1.79. The van der Waals surface area contributed by atoms with E-state index >= 15 is 0 Å². The van der Waals surface area contributed by atoms with Crippen molar-refractivity contribution in [2.75, 3.05) is 13.2 Å². The van der Waals surface area contributed by atoms with Crippen LogP contribution < -0.4 is 25.4 Å². The minimum Gasteiger partial charge on any atom is -0.490 e. The third kappa shape index (κ3) is 9.30. The molecule has 3 rings (SSSR count). The molecule has 0 saturated carbocycles. The Hall–Kier alpha value is -3.01. The molecule has 4 N–H and O–H groups in total. The van der Waals surface area contributed by atoms with Crippen molar-refractivity contribution >= 4 is 66.6 Å². The summed E-state index contributed by atoms with van der Waals surface area (Å²) < 4.78 is 40.9. The first-order valence-electron chi connectivity index (χ1n) is 11.6. The SMILES string of the molecule is CCOc1cc(/C=N\NC(=O)[C@H](Cc2ccccc2)NS(=O)(=O)c2ccc(I)cc2)cc(Br)c1OCC(N)=O. The predicted molar refractivity (Wildman–Crippen MR) is 159 cm³/mol. The summed E-state index contributed by atoms with van der Waals surface area (Å²) in [5, 5.41) is 4.01. The molecule has 0 aliphatic carbocycles. The van der Waals surface area contributed by atoms with Gasteiger partial charge in [0.25, 0.3) is 11.8 Å². The Morgan fingerprint density at radius 2 is 1.79 bits per heavy atom. The van der Waals surface area contributed by atoms with E-state index in [-0.39, 0.29) is 17.9 Å². The van der Waals surface area contributed by atoms with E-state index < -0.39 is 27.9 Å². The number of nitrogens with one attached hydrogen (secondary N) is 2. The Morgan fingerprint density at radius 3 is 2.44 bits per heavy atom. The minimum absolute atomic E-state index is 0.0456. The molecule has 0 aliphatic heterocycles. The molecule has 3 aromatic rings. The molecule has 0 unspecified atom stereocenters. The number of carbonyl (C=O) groups is 2. The second kappa shape index (κ2) is 14.4. The molecule has 0 bridgehead atoms. The number of halogens is 2. The maximum atomic E-state index is 13.1. The van der Waals surface area contributed by atoms with Gasteiger partial charge in [-0.05, 0) is 99.4 Å². The molecule has 0 fully saturated rings. The van der Waals surface area contributed by atoms with Crippen molar-refractivity contribution in [1.82, 2.24) is 10.1 Å². The van der Waals surface area contributed by atoms with Crippen LogP contribution in [0.5, 0.6) is 11.5 Å². The highest BCUT2D eigenvalue weighted by molar-refractivity contribution is 14.1. The maximum Gasteiger partial charge on any atom is 0.258 e. The van der Waals surface area contributed by atoms with Crippen LogP contribution in [-0.4, -0.2) is 45.7 Å². The molecule has 0 heterocycles. The van der Waals surface area contributed by atoms with E-state index in [0.29, 0.717) is 28.1 Å². The van der Waals surface area contributed by atoms with Crippen LogP contribution in [0.2, 0.25) is 0 Å². The molecule has 0 aliphatic rings. The highest BCUT2D eigenvalue weighted by Gasteiger charge is 2.26. The predicted octanol–water partition coefficient (Wildman–Crippen LogP) is 3.36. The normalized spacial score (nSPS) is 12.2. The van der Waals surface area contributed by atoms with Crippen molar-refractivity contribution in [1.29, 1.82) is 0 Å². The van der Waals surface area contributed by atoms with Gasteiger partial charge in [-0.1, -0.05) is 30.3 Å². The molecule has 206 valence electrons. The van der Waals surface area contributed by atoms with E-state index in [2.05, 4.69) is 53.8 Å². The van der Waals surface area contributed by atoms with Gasteiger partial charge in [0.1, 0.15) is 6.04 Å². The van der Waals surface area contributed by atoms with Crippen LogP contribution in [0.25, 0.3) is 0 Å². The maximum absolute atomic E-state index is 13.1. The summed E-state index contributed by atoms with van der Waals surface area (Å²) in [6, 6.07) is 17.5. The smallest absolute Gasteiger partial charge is 0.258 e. The Morgan fingerprint density at radius 1 is 1.10 bits per heavy atom. The molecule has 0 aromatic heterocycles.